The molecule has 8 aromatic rings. The molecular weight excluding hydrogens is 759 g/mol. The van der Waals surface area contributed by atoms with Crippen LogP contribution in [0, 0.1) is 0 Å². The summed E-state index contributed by atoms with van der Waals surface area (Å²) in [6.45, 7) is 2.67. The van der Waals surface area contributed by atoms with Gasteiger partial charge in [0.25, 0.3) is 0 Å². The molecule has 8 heteroatoms. The molecule has 2 atom stereocenters. The molecule has 11 rings (SSSR count). The van der Waals surface area contributed by atoms with Gasteiger partial charge in [-0.05, 0) is 119 Å². The van der Waals surface area contributed by atoms with Gasteiger partial charge in [-0.1, -0.05) is 49.9 Å². The first-order chi connectivity index (χ1) is 29.0. The van der Waals surface area contributed by atoms with Crippen molar-refractivity contribution in [2.24, 2.45) is 0 Å². The van der Waals surface area contributed by atoms with Crippen LogP contribution in [0.3, 0.4) is 0 Å². The van der Waals surface area contributed by atoms with E-state index in [1.165, 1.54) is 130 Å². The molecule has 0 bridgehead atoms. The van der Waals surface area contributed by atoms with Gasteiger partial charge < -0.3 is 9.80 Å². The van der Waals surface area contributed by atoms with Crippen LogP contribution in [0.5, 0.6) is 0 Å². The van der Waals surface area contributed by atoms with E-state index in [1.54, 1.807) is 0 Å². The average molecular weight is 810 g/mol. The molecule has 294 valence electrons. The maximum Gasteiger partial charge on any atom is 0.125 e. The van der Waals surface area contributed by atoms with Crippen LogP contribution in [0.15, 0.2) is 122 Å². The lowest BCUT2D eigenvalue weighted by molar-refractivity contribution is 0.511. The topological polar surface area (TPSA) is 58.0 Å². The van der Waals surface area contributed by atoms with E-state index in [2.05, 4.69) is 128 Å². The zero-order valence-corrected chi connectivity index (χ0v) is 36.1. The number of rotatable bonds is 2. The quantitative estimate of drug-likeness (QED) is 0.162. The molecule has 2 unspecified atom stereocenters. The molecular formula is C51H51N6P2+. The molecule has 0 radical (unpaired) electrons. The van der Waals surface area contributed by atoms with Crippen molar-refractivity contribution in [3.8, 4) is 0 Å². The average Bonchev–Trinajstić information content (AvgIpc) is 3.30. The highest BCUT2D eigenvalue weighted by molar-refractivity contribution is 7.90. The highest BCUT2D eigenvalue weighted by Crippen LogP contribution is 2.65. The second kappa shape index (κ2) is 14.9. The number of hydrogen-bond donors (Lipinski definition) is 0. The van der Waals surface area contributed by atoms with Gasteiger partial charge in [-0.15, -0.1) is 0 Å². The van der Waals surface area contributed by atoms with E-state index in [4.69, 9.17) is 19.9 Å². The summed E-state index contributed by atoms with van der Waals surface area (Å²) in [6.07, 6.45) is 20.4. The molecule has 2 fully saturated rings. The van der Waals surface area contributed by atoms with Crippen LogP contribution in [0.4, 0.5) is 22.7 Å². The maximum absolute atomic E-state index is 5.06. The van der Waals surface area contributed by atoms with Crippen molar-refractivity contribution in [3.63, 3.8) is 0 Å². The summed E-state index contributed by atoms with van der Waals surface area (Å²) in [6, 6.07) is 37.2. The SMILES string of the molecule is CN1c2cc3ncccc3cc2P(C2CCCCC2)c2cc3ncccc3cc2N(C)c2cc3cccnc3cc2[P+](C)(C2CCCCC2)c2cc3cccnc3cc21. The summed E-state index contributed by atoms with van der Waals surface area (Å²) in [5.74, 6) is 0. The van der Waals surface area contributed by atoms with E-state index in [0.717, 1.165) is 22.1 Å². The Bertz CT molecular complexity index is 2720. The van der Waals surface area contributed by atoms with Gasteiger partial charge in [0.05, 0.1) is 58.7 Å². The van der Waals surface area contributed by atoms with Gasteiger partial charge in [-0.25, -0.2) is 0 Å². The molecule has 4 aromatic carbocycles. The molecule has 0 saturated heterocycles. The second-order valence-corrected chi connectivity index (χ2v) is 23.6. The zero-order chi connectivity index (χ0) is 39.7. The Morgan fingerprint density at radius 2 is 0.898 bits per heavy atom. The fourth-order valence-electron chi connectivity index (χ4n) is 10.8. The Morgan fingerprint density at radius 1 is 0.475 bits per heavy atom. The molecule has 0 amide bonds. The van der Waals surface area contributed by atoms with Crippen molar-refractivity contribution in [1.29, 1.82) is 0 Å². The van der Waals surface area contributed by atoms with Crippen molar-refractivity contribution in [2.45, 2.75) is 75.5 Å². The fourth-order valence-corrected chi connectivity index (χ4v) is 18.8. The lowest BCUT2D eigenvalue weighted by Crippen LogP contribution is -2.39. The number of nitrogens with zero attached hydrogens (tertiary/aromatic N) is 6. The number of aromatic nitrogens is 4. The van der Waals surface area contributed by atoms with Gasteiger partial charge in [-0.3, -0.25) is 19.9 Å². The summed E-state index contributed by atoms with van der Waals surface area (Å²) in [5, 5.41) is 10.6. The van der Waals surface area contributed by atoms with E-state index in [0.29, 0.717) is 11.3 Å². The van der Waals surface area contributed by atoms with Crippen molar-refractivity contribution in [3.05, 3.63) is 122 Å². The maximum atomic E-state index is 5.06. The third-order valence-electron chi connectivity index (χ3n) is 14.0. The molecule has 4 aromatic heterocycles. The largest absolute Gasteiger partial charge is 0.341 e. The van der Waals surface area contributed by atoms with Gasteiger partial charge in [0, 0.05) is 82.8 Å². The minimum absolute atomic E-state index is 0.533. The van der Waals surface area contributed by atoms with Crippen LogP contribution < -0.4 is 31.0 Å². The minimum Gasteiger partial charge on any atom is -0.341 e. The Hall–Kier alpha value is -5.02. The van der Waals surface area contributed by atoms with E-state index in [-0.39, 0.29) is 0 Å². The molecule has 6 nitrogen and oxygen atoms in total. The zero-order valence-electron chi connectivity index (χ0n) is 34.4. The number of pyridine rings is 4. The molecule has 2 saturated carbocycles. The highest BCUT2D eigenvalue weighted by atomic mass is 31.2. The van der Waals surface area contributed by atoms with Crippen molar-refractivity contribution >= 4 is 103 Å². The van der Waals surface area contributed by atoms with Gasteiger partial charge in [-0.2, -0.15) is 0 Å². The summed E-state index contributed by atoms with van der Waals surface area (Å²) in [7, 11) is 1.64. The van der Waals surface area contributed by atoms with Crippen LogP contribution in [0.2, 0.25) is 0 Å². The highest BCUT2D eigenvalue weighted by Gasteiger charge is 2.51. The van der Waals surface area contributed by atoms with Crippen molar-refractivity contribution < 1.29 is 0 Å². The first-order valence-corrected chi connectivity index (χ1v) is 25.4. The van der Waals surface area contributed by atoms with E-state index in [9.17, 15) is 0 Å². The monoisotopic (exact) mass is 809 g/mol. The molecule has 0 spiro atoms. The van der Waals surface area contributed by atoms with Crippen LogP contribution in [-0.4, -0.2) is 52.0 Å². The van der Waals surface area contributed by atoms with Gasteiger partial charge in [0.1, 0.15) is 10.6 Å². The molecule has 2 aliphatic carbocycles. The first kappa shape index (κ1) is 37.0. The van der Waals surface area contributed by atoms with Crippen LogP contribution in [0.1, 0.15) is 64.2 Å². The molecule has 0 N–H and O–H groups in total. The van der Waals surface area contributed by atoms with Crippen LogP contribution in [-0.2, 0) is 0 Å². The van der Waals surface area contributed by atoms with Crippen molar-refractivity contribution in [2.75, 3.05) is 30.6 Å². The van der Waals surface area contributed by atoms with Crippen LogP contribution in [0.25, 0.3) is 43.6 Å². The summed E-state index contributed by atoms with van der Waals surface area (Å²) in [4.78, 5) is 25.3. The number of fused-ring (bicyclic) bond motifs is 8. The molecule has 5 heterocycles. The fraction of sp³-hybridized carbons (Fsp3) is 0.294. The Morgan fingerprint density at radius 3 is 1.51 bits per heavy atom. The predicted octanol–water partition coefficient (Wildman–Crippen LogP) is 11.4. The predicted molar refractivity (Wildman–Crippen MR) is 255 cm³/mol. The van der Waals surface area contributed by atoms with E-state index >= 15 is 0 Å². The molecule has 59 heavy (non-hydrogen) atoms. The van der Waals surface area contributed by atoms with E-state index < -0.39 is 15.2 Å². The van der Waals surface area contributed by atoms with Gasteiger partial charge in [0.2, 0.25) is 0 Å². The summed E-state index contributed by atoms with van der Waals surface area (Å²) < 4.78 is 0. The normalized spacial score (nSPS) is 20.5. The van der Waals surface area contributed by atoms with Crippen LogP contribution >= 0.6 is 15.2 Å². The second-order valence-electron chi connectivity index (χ2n) is 17.3. The van der Waals surface area contributed by atoms with Gasteiger partial charge in [0.15, 0.2) is 0 Å². The minimum atomic E-state index is -2.19. The smallest absolute Gasteiger partial charge is 0.125 e. The standard InChI is InChI=1S/C51H51N6P2/c1-56-44-26-34-14-10-24-54-42(34)32-49(44)58(38-18-6-4-7-19-38)48-28-36-16-12-22-52-40(36)30-45(48)57(2)47-31-41-37(17-13-23-53-41)29-50(47)59(3,39-20-8-5-9-21-39)51-33-43-35(27-46(51)56)15-11-25-55-43/h10-17,22-33,38-39H,4-9,18-21H2,1-3H3/q+1. The Kier molecular flexibility index (Phi) is 9.35. The molecule has 1 aliphatic heterocycles. The van der Waals surface area contributed by atoms with Gasteiger partial charge >= 0.3 is 0 Å². The van der Waals surface area contributed by atoms with Crippen molar-refractivity contribution in [1.82, 2.24) is 19.9 Å². The third-order valence-corrected chi connectivity index (χ3v) is 21.7. The third kappa shape index (κ3) is 6.20. The Balaban J connectivity index is 1.33. The summed E-state index contributed by atoms with van der Waals surface area (Å²) >= 11 is 0. The number of benzene rings is 4. The number of hydrogen-bond acceptors (Lipinski definition) is 6. The Labute approximate surface area is 349 Å². The number of anilines is 4. The summed E-state index contributed by atoms with van der Waals surface area (Å²) in [5.41, 5.74) is 10.4. The lowest BCUT2D eigenvalue weighted by atomic mass is 10.0. The molecule has 3 aliphatic rings. The van der Waals surface area contributed by atoms with E-state index in [1.807, 2.05) is 24.8 Å². The lowest BCUT2D eigenvalue weighted by Gasteiger charge is -2.41. The first-order valence-electron chi connectivity index (χ1n) is 21.6.